The first-order valence-corrected chi connectivity index (χ1v) is 11.7. The fourth-order valence-corrected chi connectivity index (χ4v) is 4.97. The highest BCUT2D eigenvalue weighted by Gasteiger charge is 2.22. The van der Waals surface area contributed by atoms with E-state index in [0.29, 0.717) is 5.69 Å². The van der Waals surface area contributed by atoms with Crippen LogP contribution in [0.1, 0.15) is 10.4 Å². The molecule has 3 aromatic carbocycles. The summed E-state index contributed by atoms with van der Waals surface area (Å²) in [4.78, 5) is 10.8. The molecular formula is C20H18N2O7S2. The van der Waals surface area contributed by atoms with Gasteiger partial charge in [-0.1, -0.05) is 18.2 Å². The Morgan fingerprint density at radius 1 is 0.806 bits per heavy atom. The Kier molecular flexibility index (Phi) is 6.18. The molecule has 11 heteroatoms. The lowest BCUT2D eigenvalue weighted by Crippen LogP contribution is -2.16. The molecule has 0 unspecified atom stereocenters. The molecule has 0 saturated heterocycles. The summed E-state index contributed by atoms with van der Waals surface area (Å²) >= 11 is 0. The quantitative estimate of drug-likeness (QED) is 0.468. The molecular weight excluding hydrogens is 444 g/mol. The maximum atomic E-state index is 12.8. The highest BCUT2D eigenvalue weighted by atomic mass is 32.2. The molecule has 3 N–H and O–H groups in total. The highest BCUT2D eigenvalue weighted by Crippen LogP contribution is 2.27. The smallest absolute Gasteiger partial charge is 0.335 e. The lowest BCUT2D eigenvalue weighted by molar-refractivity contribution is 0.0696. The van der Waals surface area contributed by atoms with Crippen LogP contribution in [0.5, 0.6) is 5.75 Å². The number of hydrogen-bond acceptors (Lipinski definition) is 6. The number of carboxylic acids is 1. The Balaban J connectivity index is 1.85. The second-order valence-corrected chi connectivity index (χ2v) is 9.61. The third kappa shape index (κ3) is 5.13. The normalized spacial score (nSPS) is 11.5. The zero-order chi connectivity index (χ0) is 22.6. The van der Waals surface area contributed by atoms with Gasteiger partial charge in [0.2, 0.25) is 0 Å². The van der Waals surface area contributed by atoms with Gasteiger partial charge in [-0.2, -0.15) is 0 Å². The number of nitrogens with one attached hydrogen (secondary N) is 2. The van der Waals surface area contributed by atoms with E-state index in [1.807, 2.05) is 0 Å². The number of carbonyl (C=O) groups is 1. The minimum atomic E-state index is -4.21. The first kappa shape index (κ1) is 22.1. The molecule has 0 atom stereocenters. The number of hydrogen-bond donors (Lipinski definition) is 3. The van der Waals surface area contributed by atoms with Crippen LogP contribution in [0.15, 0.2) is 82.6 Å². The third-order valence-corrected chi connectivity index (χ3v) is 6.94. The van der Waals surface area contributed by atoms with Gasteiger partial charge in [-0.05, 0) is 54.6 Å². The molecule has 0 radical (unpaired) electrons. The number of sulfonamides is 2. The summed E-state index contributed by atoms with van der Waals surface area (Å²) in [6.45, 7) is 0. The van der Waals surface area contributed by atoms with Gasteiger partial charge < -0.3 is 9.84 Å². The number of anilines is 2. The first-order chi connectivity index (χ1) is 14.6. The van der Waals surface area contributed by atoms with E-state index in [-0.39, 0.29) is 26.8 Å². The van der Waals surface area contributed by atoms with E-state index in [0.717, 1.165) is 6.07 Å². The topological polar surface area (TPSA) is 139 Å². The molecule has 0 saturated carbocycles. The lowest BCUT2D eigenvalue weighted by Gasteiger charge is -2.13. The van der Waals surface area contributed by atoms with Gasteiger partial charge in [-0.3, -0.25) is 9.44 Å². The SMILES string of the molecule is COc1ccc(C(=O)O)cc1S(=O)(=O)Nc1ccc(S(=O)(=O)Nc2ccccc2)cc1. The van der Waals surface area contributed by atoms with Gasteiger partial charge in [-0.15, -0.1) is 0 Å². The summed E-state index contributed by atoms with van der Waals surface area (Å²) in [5.41, 5.74) is 0.244. The molecule has 0 aromatic heterocycles. The van der Waals surface area contributed by atoms with Gasteiger partial charge in [0.1, 0.15) is 10.6 Å². The maximum Gasteiger partial charge on any atom is 0.335 e. The Labute approximate surface area is 179 Å². The van der Waals surface area contributed by atoms with Gasteiger partial charge in [-0.25, -0.2) is 21.6 Å². The van der Waals surface area contributed by atoms with E-state index >= 15 is 0 Å². The van der Waals surface area contributed by atoms with Crippen molar-refractivity contribution in [1.82, 2.24) is 0 Å². The van der Waals surface area contributed by atoms with E-state index in [2.05, 4.69) is 9.44 Å². The summed E-state index contributed by atoms with van der Waals surface area (Å²) < 4.78 is 60.2. The molecule has 3 aromatic rings. The maximum absolute atomic E-state index is 12.8. The van der Waals surface area contributed by atoms with Crippen molar-refractivity contribution in [3.05, 3.63) is 78.4 Å². The van der Waals surface area contributed by atoms with Crippen LogP contribution in [-0.2, 0) is 20.0 Å². The van der Waals surface area contributed by atoms with E-state index in [1.54, 1.807) is 30.3 Å². The molecule has 3 rings (SSSR count). The predicted molar refractivity (Wildman–Crippen MR) is 114 cm³/mol. The van der Waals surface area contributed by atoms with Crippen LogP contribution in [0.2, 0.25) is 0 Å². The van der Waals surface area contributed by atoms with Gasteiger partial charge in [0, 0.05) is 11.4 Å². The number of carboxylic acid groups (broad SMARTS) is 1. The van der Waals surface area contributed by atoms with E-state index < -0.39 is 26.0 Å². The van der Waals surface area contributed by atoms with Crippen LogP contribution in [-0.4, -0.2) is 35.0 Å². The van der Waals surface area contributed by atoms with Crippen LogP contribution >= 0.6 is 0 Å². The predicted octanol–water partition coefficient (Wildman–Crippen LogP) is 3.00. The standard InChI is InChI=1S/C20H18N2O7S2/c1-29-18-12-7-14(20(23)24)13-19(18)31(27,28)22-16-8-10-17(11-9-16)30(25,26)21-15-5-3-2-4-6-15/h2-13,21-22H,1H3,(H,23,24). The van der Waals surface area contributed by atoms with Crippen molar-refractivity contribution >= 4 is 37.4 Å². The van der Waals surface area contributed by atoms with Gasteiger partial charge in [0.15, 0.2) is 0 Å². The number of para-hydroxylation sites is 1. The molecule has 31 heavy (non-hydrogen) atoms. The van der Waals surface area contributed by atoms with Crippen LogP contribution in [0.25, 0.3) is 0 Å². The average molecular weight is 463 g/mol. The average Bonchev–Trinajstić information content (AvgIpc) is 2.73. The minimum Gasteiger partial charge on any atom is -0.495 e. The summed E-state index contributed by atoms with van der Waals surface area (Å²) in [6.07, 6.45) is 0. The molecule has 0 aliphatic heterocycles. The van der Waals surface area contributed by atoms with Crippen LogP contribution < -0.4 is 14.2 Å². The van der Waals surface area contributed by atoms with Crippen molar-refractivity contribution in [3.63, 3.8) is 0 Å². The second kappa shape index (κ2) is 8.66. The Morgan fingerprint density at radius 2 is 1.39 bits per heavy atom. The number of aromatic carboxylic acids is 1. The second-order valence-electron chi connectivity index (χ2n) is 6.27. The van der Waals surface area contributed by atoms with E-state index in [1.165, 1.54) is 43.5 Å². The number of rotatable bonds is 8. The van der Waals surface area contributed by atoms with Crippen LogP contribution in [0, 0.1) is 0 Å². The van der Waals surface area contributed by atoms with Crippen molar-refractivity contribution in [2.45, 2.75) is 9.79 Å². The summed E-state index contributed by atoms with van der Waals surface area (Å²) in [5, 5.41) is 9.12. The van der Waals surface area contributed by atoms with Gasteiger partial charge >= 0.3 is 5.97 Å². The molecule has 0 aliphatic rings. The van der Waals surface area contributed by atoms with Crippen molar-refractivity contribution in [3.8, 4) is 5.75 Å². The first-order valence-electron chi connectivity index (χ1n) is 8.74. The molecule has 0 bridgehead atoms. The van der Waals surface area contributed by atoms with Crippen LogP contribution in [0.4, 0.5) is 11.4 Å². The van der Waals surface area contributed by atoms with Crippen molar-refractivity contribution < 1.29 is 31.5 Å². The Morgan fingerprint density at radius 3 is 1.97 bits per heavy atom. The Hall–Kier alpha value is -3.57. The number of ether oxygens (including phenoxy) is 1. The van der Waals surface area contributed by atoms with Crippen molar-refractivity contribution in [2.24, 2.45) is 0 Å². The highest BCUT2D eigenvalue weighted by molar-refractivity contribution is 7.93. The summed E-state index contributed by atoms with van der Waals surface area (Å²) in [6, 6.07) is 16.8. The third-order valence-electron chi connectivity index (χ3n) is 4.14. The molecule has 0 fully saturated rings. The van der Waals surface area contributed by atoms with Gasteiger partial charge in [0.05, 0.1) is 17.6 Å². The van der Waals surface area contributed by atoms with E-state index in [4.69, 9.17) is 9.84 Å². The van der Waals surface area contributed by atoms with E-state index in [9.17, 15) is 21.6 Å². The summed E-state index contributed by atoms with van der Waals surface area (Å²) in [7, 11) is -6.82. The summed E-state index contributed by atoms with van der Waals surface area (Å²) in [5.74, 6) is -1.33. The monoisotopic (exact) mass is 462 g/mol. The number of benzene rings is 3. The van der Waals surface area contributed by atoms with Crippen molar-refractivity contribution in [2.75, 3.05) is 16.6 Å². The molecule has 0 spiro atoms. The molecule has 9 nitrogen and oxygen atoms in total. The zero-order valence-electron chi connectivity index (χ0n) is 16.1. The van der Waals surface area contributed by atoms with Gasteiger partial charge in [0.25, 0.3) is 20.0 Å². The van der Waals surface area contributed by atoms with Crippen LogP contribution in [0.3, 0.4) is 0 Å². The minimum absolute atomic E-state index is 0.0382. The lowest BCUT2D eigenvalue weighted by atomic mass is 10.2. The number of methoxy groups -OCH3 is 1. The van der Waals surface area contributed by atoms with Crippen molar-refractivity contribution in [1.29, 1.82) is 0 Å². The Bertz CT molecular complexity index is 1310. The largest absolute Gasteiger partial charge is 0.495 e. The molecule has 0 heterocycles. The molecule has 162 valence electrons. The molecule has 0 aliphatic carbocycles. The fraction of sp³-hybridized carbons (Fsp3) is 0.0500. The zero-order valence-corrected chi connectivity index (χ0v) is 17.8. The molecule has 0 amide bonds. The fourth-order valence-electron chi connectivity index (χ4n) is 2.65.